The number of nitrogens with one attached hydrogen (secondary N) is 2. The highest BCUT2D eigenvalue weighted by molar-refractivity contribution is 6.31. The van der Waals surface area contributed by atoms with E-state index in [2.05, 4.69) is 10.6 Å². The van der Waals surface area contributed by atoms with Crippen molar-refractivity contribution in [3.63, 3.8) is 0 Å². The highest BCUT2D eigenvalue weighted by Crippen LogP contribution is 2.19. The lowest BCUT2D eigenvalue weighted by molar-refractivity contribution is -0.114. The van der Waals surface area contributed by atoms with Crippen LogP contribution in [0.25, 0.3) is 0 Å². The summed E-state index contributed by atoms with van der Waals surface area (Å²) in [6.45, 7) is -0.0145. The molecule has 0 unspecified atom stereocenters. The molecule has 3 nitrogen and oxygen atoms in total. The van der Waals surface area contributed by atoms with Crippen LogP contribution in [0.4, 0.5) is 20.2 Å². The number of carbonyl (C=O) groups excluding carboxylic acids is 1. The molecule has 0 saturated heterocycles. The smallest absolute Gasteiger partial charge is 0.243 e. The fourth-order valence-electron chi connectivity index (χ4n) is 1.53. The molecule has 0 spiro atoms. The Balaban J connectivity index is 1.88. The van der Waals surface area contributed by atoms with Crippen LogP contribution in [0.15, 0.2) is 42.5 Å². The maximum Gasteiger partial charge on any atom is 0.243 e. The van der Waals surface area contributed by atoms with Crippen LogP contribution in [0.3, 0.4) is 0 Å². The molecular weight excluding hydrogens is 286 g/mol. The van der Waals surface area contributed by atoms with Gasteiger partial charge in [0, 0.05) is 11.4 Å². The lowest BCUT2D eigenvalue weighted by Crippen LogP contribution is -2.21. The molecule has 0 bridgehead atoms. The van der Waals surface area contributed by atoms with Crippen molar-refractivity contribution in [2.24, 2.45) is 0 Å². The number of benzene rings is 2. The predicted molar refractivity (Wildman–Crippen MR) is 74.9 cm³/mol. The van der Waals surface area contributed by atoms with Crippen molar-refractivity contribution in [2.45, 2.75) is 0 Å². The molecule has 20 heavy (non-hydrogen) atoms. The Morgan fingerprint density at radius 3 is 2.35 bits per heavy atom. The molecule has 2 aromatic carbocycles. The second-order valence-corrected chi connectivity index (χ2v) is 4.44. The van der Waals surface area contributed by atoms with Gasteiger partial charge >= 0.3 is 0 Å². The van der Waals surface area contributed by atoms with E-state index < -0.39 is 5.82 Å². The Kier molecular flexibility index (Phi) is 4.53. The van der Waals surface area contributed by atoms with Crippen molar-refractivity contribution in [1.29, 1.82) is 0 Å². The van der Waals surface area contributed by atoms with Crippen LogP contribution < -0.4 is 10.6 Å². The Labute approximate surface area is 119 Å². The van der Waals surface area contributed by atoms with Gasteiger partial charge in [-0.25, -0.2) is 8.78 Å². The fraction of sp³-hybridized carbons (Fsp3) is 0.0714. The molecular formula is C14H11ClF2N2O. The summed E-state index contributed by atoms with van der Waals surface area (Å²) in [7, 11) is 0. The summed E-state index contributed by atoms with van der Waals surface area (Å²) in [5.41, 5.74) is 1.03. The quantitative estimate of drug-likeness (QED) is 0.904. The van der Waals surface area contributed by atoms with E-state index >= 15 is 0 Å². The highest BCUT2D eigenvalue weighted by atomic mass is 35.5. The molecule has 0 heterocycles. The fourth-order valence-corrected chi connectivity index (χ4v) is 1.71. The molecule has 2 N–H and O–H groups in total. The third-order valence-corrected chi connectivity index (χ3v) is 2.79. The Hall–Kier alpha value is -2.14. The van der Waals surface area contributed by atoms with Gasteiger partial charge in [0.2, 0.25) is 5.91 Å². The number of rotatable bonds is 4. The van der Waals surface area contributed by atoms with Gasteiger partial charge in [-0.1, -0.05) is 11.6 Å². The zero-order valence-corrected chi connectivity index (χ0v) is 11.0. The second kappa shape index (κ2) is 6.34. The molecule has 1 amide bonds. The maximum atomic E-state index is 12.9. The van der Waals surface area contributed by atoms with Gasteiger partial charge in [0.05, 0.1) is 11.6 Å². The van der Waals surface area contributed by atoms with Gasteiger partial charge in [0.15, 0.2) is 0 Å². The van der Waals surface area contributed by atoms with E-state index in [1.807, 2.05) is 0 Å². The lowest BCUT2D eigenvalue weighted by atomic mass is 10.3. The number of anilines is 2. The third-order valence-electron chi connectivity index (χ3n) is 2.50. The zero-order valence-electron chi connectivity index (χ0n) is 10.3. The standard InChI is InChI=1S/C14H11ClF2N2O/c15-12-7-11(5-6-13(12)17)18-8-14(20)19-10-3-1-9(16)2-4-10/h1-7,18H,8H2,(H,19,20). The Morgan fingerprint density at radius 1 is 1.05 bits per heavy atom. The van der Waals surface area contributed by atoms with Crippen molar-refractivity contribution in [1.82, 2.24) is 0 Å². The topological polar surface area (TPSA) is 41.1 Å². The highest BCUT2D eigenvalue weighted by Gasteiger charge is 2.04. The van der Waals surface area contributed by atoms with Crippen molar-refractivity contribution in [3.05, 3.63) is 59.1 Å². The third kappa shape index (κ3) is 3.93. The van der Waals surface area contributed by atoms with Crippen LogP contribution in [-0.2, 0) is 4.79 Å². The zero-order chi connectivity index (χ0) is 14.5. The average molecular weight is 297 g/mol. The molecule has 104 valence electrons. The number of halogens is 3. The van der Waals surface area contributed by atoms with Gasteiger partial charge < -0.3 is 10.6 Å². The predicted octanol–water partition coefficient (Wildman–Crippen LogP) is 3.67. The van der Waals surface area contributed by atoms with E-state index in [0.29, 0.717) is 11.4 Å². The van der Waals surface area contributed by atoms with Gasteiger partial charge in [-0.15, -0.1) is 0 Å². The first-order valence-electron chi connectivity index (χ1n) is 5.79. The molecule has 0 aliphatic rings. The van der Waals surface area contributed by atoms with E-state index in [4.69, 9.17) is 11.6 Å². The first kappa shape index (κ1) is 14.3. The first-order chi connectivity index (χ1) is 9.54. The van der Waals surface area contributed by atoms with Gasteiger partial charge in [-0.2, -0.15) is 0 Å². The van der Waals surface area contributed by atoms with Gasteiger partial charge in [0.25, 0.3) is 0 Å². The summed E-state index contributed by atoms with van der Waals surface area (Å²) >= 11 is 5.62. The summed E-state index contributed by atoms with van der Waals surface area (Å²) in [4.78, 5) is 11.6. The van der Waals surface area contributed by atoms with E-state index in [9.17, 15) is 13.6 Å². The summed E-state index contributed by atoms with van der Waals surface area (Å²) in [6, 6.07) is 9.51. The summed E-state index contributed by atoms with van der Waals surface area (Å²) in [5, 5.41) is 5.38. The summed E-state index contributed by atoms with van der Waals surface area (Å²) in [6.07, 6.45) is 0. The lowest BCUT2D eigenvalue weighted by Gasteiger charge is -2.08. The minimum Gasteiger partial charge on any atom is -0.376 e. The van der Waals surface area contributed by atoms with E-state index in [0.717, 1.165) is 0 Å². The monoisotopic (exact) mass is 296 g/mol. The molecule has 0 aliphatic heterocycles. The van der Waals surface area contributed by atoms with E-state index in [1.165, 1.54) is 42.5 Å². The van der Waals surface area contributed by atoms with Crippen molar-refractivity contribution in [2.75, 3.05) is 17.2 Å². The normalized spacial score (nSPS) is 10.2. The maximum absolute atomic E-state index is 12.9. The Bertz CT molecular complexity index is 617. The van der Waals surface area contributed by atoms with E-state index in [1.54, 1.807) is 0 Å². The van der Waals surface area contributed by atoms with Crippen molar-refractivity contribution in [3.8, 4) is 0 Å². The first-order valence-corrected chi connectivity index (χ1v) is 6.17. The SMILES string of the molecule is O=C(CNc1ccc(F)c(Cl)c1)Nc1ccc(F)cc1. The molecule has 0 aliphatic carbocycles. The second-order valence-electron chi connectivity index (χ2n) is 4.04. The molecule has 2 rings (SSSR count). The van der Waals surface area contributed by atoms with Crippen LogP contribution in [-0.4, -0.2) is 12.5 Å². The van der Waals surface area contributed by atoms with Gasteiger partial charge in [0.1, 0.15) is 11.6 Å². The molecule has 0 saturated carbocycles. The number of hydrogen-bond donors (Lipinski definition) is 2. The number of amides is 1. The van der Waals surface area contributed by atoms with Gasteiger partial charge in [-0.3, -0.25) is 4.79 Å². The number of hydrogen-bond acceptors (Lipinski definition) is 2. The number of carbonyl (C=O) groups is 1. The Morgan fingerprint density at radius 2 is 1.70 bits per heavy atom. The largest absolute Gasteiger partial charge is 0.376 e. The molecule has 0 aromatic heterocycles. The van der Waals surface area contributed by atoms with Crippen molar-refractivity contribution < 1.29 is 13.6 Å². The molecule has 2 aromatic rings. The van der Waals surface area contributed by atoms with Crippen molar-refractivity contribution >= 4 is 28.9 Å². The van der Waals surface area contributed by atoms with E-state index in [-0.39, 0.29) is 23.3 Å². The molecule has 0 radical (unpaired) electrons. The van der Waals surface area contributed by atoms with Crippen LogP contribution in [0.5, 0.6) is 0 Å². The van der Waals surface area contributed by atoms with Crippen LogP contribution in [0.2, 0.25) is 5.02 Å². The molecule has 6 heteroatoms. The van der Waals surface area contributed by atoms with Crippen LogP contribution >= 0.6 is 11.6 Å². The minimum absolute atomic E-state index is 0.0145. The average Bonchev–Trinajstić information content (AvgIpc) is 2.43. The minimum atomic E-state index is -0.520. The van der Waals surface area contributed by atoms with Gasteiger partial charge in [-0.05, 0) is 42.5 Å². The molecule has 0 fully saturated rings. The summed E-state index contributed by atoms with van der Waals surface area (Å²) in [5.74, 6) is -1.20. The van der Waals surface area contributed by atoms with Crippen LogP contribution in [0, 0.1) is 11.6 Å². The molecule has 0 atom stereocenters. The summed E-state index contributed by atoms with van der Waals surface area (Å²) < 4.78 is 25.6. The van der Waals surface area contributed by atoms with Crippen LogP contribution in [0.1, 0.15) is 0 Å².